The van der Waals surface area contributed by atoms with Crippen molar-refractivity contribution in [3.63, 3.8) is 0 Å². The molecule has 1 unspecified atom stereocenters. The Balaban J connectivity index is 2.81. The highest BCUT2D eigenvalue weighted by Crippen LogP contribution is 2.25. The summed E-state index contributed by atoms with van der Waals surface area (Å²) in [6.45, 7) is 4.14. The summed E-state index contributed by atoms with van der Waals surface area (Å²) in [6.07, 6.45) is 0.808. The summed E-state index contributed by atoms with van der Waals surface area (Å²) in [7, 11) is 1.66. The van der Waals surface area contributed by atoms with Crippen molar-refractivity contribution >= 4 is 21.7 Å². The molecule has 0 aromatic heterocycles. The van der Waals surface area contributed by atoms with Crippen molar-refractivity contribution in [2.24, 2.45) is 0 Å². The fourth-order valence-electron chi connectivity index (χ4n) is 1.44. The molecule has 3 nitrogen and oxygen atoms in total. The molecule has 1 aromatic carbocycles. The van der Waals surface area contributed by atoms with E-state index in [4.69, 9.17) is 9.47 Å². The van der Waals surface area contributed by atoms with Gasteiger partial charge in [-0.05, 0) is 32.0 Å². The minimum atomic E-state index is 0.00596. The Morgan fingerprint density at radius 3 is 2.76 bits per heavy atom. The third kappa shape index (κ3) is 4.48. The number of benzene rings is 1. The molecule has 0 aliphatic heterocycles. The first kappa shape index (κ1) is 14.2. The molecule has 94 valence electrons. The van der Waals surface area contributed by atoms with E-state index in [1.807, 2.05) is 19.1 Å². The Morgan fingerprint density at radius 1 is 1.47 bits per heavy atom. The molecule has 1 rings (SSSR count). The zero-order valence-corrected chi connectivity index (χ0v) is 11.9. The van der Waals surface area contributed by atoms with Gasteiger partial charge in [0.1, 0.15) is 5.75 Å². The molecule has 0 amide bonds. The molecule has 0 N–H and O–H groups in total. The maximum atomic E-state index is 11.5. The number of carbonyl (C=O) groups is 1. The monoisotopic (exact) mass is 300 g/mol. The van der Waals surface area contributed by atoms with Gasteiger partial charge in [0.05, 0.1) is 11.7 Å². The number of hydrogen-bond donors (Lipinski definition) is 0. The number of hydrogen-bond acceptors (Lipinski definition) is 3. The number of carbonyl (C=O) groups excluding carboxylic acids is 1. The Kier molecular flexibility index (Phi) is 5.65. The second-order valence-electron chi connectivity index (χ2n) is 3.91. The van der Waals surface area contributed by atoms with Crippen LogP contribution in [0.15, 0.2) is 22.7 Å². The zero-order chi connectivity index (χ0) is 12.8. The molecule has 17 heavy (non-hydrogen) atoms. The molecule has 0 saturated carbocycles. The predicted molar refractivity (Wildman–Crippen MR) is 70.7 cm³/mol. The van der Waals surface area contributed by atoms with Gasteiger partial charge in [-0.2, -0.15) is 0 Å². The Bertz CT molecular complexity index is 390. The summed E-state index contributed by atoms with van der Waals surface area (Å²) in [5.74, 6) is 0.627. The van der Waals surface area contributed by atoms with E-state index in [9.17, 15) is 4.79 Å². The van der Waals surface area contributed by atoms with E-state index in [0.717, 1.165) is 10.9 Å². The fraction of sp³-hybridized carbons (Fsp3) is 0.462. The SMILES string of the molecule is COCCC(C)Oc1cc(Br)ccc1C(C)=O. The van der Waals surface area contributed by atoms with Crippen LogP contribution in [0.25, 0.3) is 0 Å². The molecule has 0 heterocycles. The van der Waals surface area contributed by atoms with E-state index in [1.54, 1.807) is 13.2 Å². The smallest absolute Gasteiger partial charge is 0.163 e. The van der Waals surface area contributed by atoms with Gasteiger partial charge in [0.2, 0.25) is 0 Å². The molecule has 1 aromatic rings. The van der Waals surface area contributed by atoms with Crippen molar-refractivity contribution in [3.8, 4) is 5.75 Å². The van der Waals surface area contributed by atoms with Crippen LogP contribution in [0, 0.1) is 0 Å². The van der Waals surface area contributed by atoms with Gasteiger partial charge in [0.25, 0.3) is 0 Å². The molecular weight excluding hydrogens is 284 g/mol. The maximum absolute atomic E-state index is 11.5. The van der Waals surface area contributed by atoms with Gasteiger partial charge >= 0.3 is 0 Å². The van der Waals surface area contributed by atoms with Crippen molar-refractivity contribution in [2.45, 2.75) is 26.4 Å². The normalized spacial score (nSPS) is 12.2. The van der Waals surface area contributed by atoms with E-state index < -0.39 is 0 Å². The van der Waals surface area contributed by atoms with E-state index in [-0.39, 0.29) is 11.9 Å². The summed E-state index contributed by atoms with van der Waals surface area (Å²) in [5, 5.41) is 0. The van der Waals surface area contributed by atoms with Crippen LogP contribution in [0.1, 0.15) is 30.6 Å². The lowest BCUT2D eigenvalue weighted by Gasteiger charge is -2.16. The summed E-state index contributed by atoms with van der Waals surface area (Å²) < 4.78 is 11.7. The number of ether oxygens (including phenoxy) is 2. The topological polar surface area (TPSA) is 35.5 Å². The summed E-state index contributed by atoms with van der Waals surface area (Å²) in [5.41, 5.74) is 0.609. The highest BCUT2D eigenvalue weighted by atomic mass is 79.9. The Hall–Kier alpha value is -0.870. The number of rotatable bonds is 6. The summed E-state index contributed by atoms with van der Waals surface area (Å²) >= 11 is 3.37. The number of halogens is 1. The lowest BCUT2D eigenvalue weighted by Crippen LogP contribution is -2.15. The molecule has 0 spiro atoms. The van der Waals surface area contributed by atoms with Crippen LogP contribution in [-0.2, 0) is 4.74 Å². The minimum absolute atomic E-state index is 0.00596. The average Bonchev–Trinajstić information content (AvgIpc) is 2.26. The number of methoxy groups -OCH3 is 1. The van der Waals surface area contributed by atoms with Gasteiger partial charge in [0.15, 0.2) is 5.78 Å². The van der Waals surface area contributed by atoms with Crippen LogP contribution >= 0.6 is 15.9 Å². The average molecular weight is 301 g/mol. The third-order valence-corrected chi connectivity index (χ3v) is 2.87. The van der Waals surface area contributed by atoms with E-state index in [1.165, 1.54) is 6.92 Å². The van der Waals surface area contributed by atoms with Crippen molar-refractivity contribution < 1.29 is 14.3 Å². The standard InChI is InChI=1S/C13H17BrO3/c1-9(6-7-16-3)17-13-8-11(14)4-5-12(13)10(2)15/h4-5,8-9H,6-7H2,1-3H3. The first-order valence-corrected chi connectivity index (χ1v) is 6.30. The van der Waals surface area contributed by atoms with Crippen LogP contribution in [0.4, 0.5) is 0 Å². The van der Waals surface area contributed by atoms with Gasteiger partial charge in [-0.3, -0.25) is 4.79 Å². The first-order chi connectivity index (χ1) is 8.04. The maximum Gasteiger partial charge on any atom is 0.163 e. The van der Waals surface area contributed by atoms with Gasteiger partial charge in [0, 0.05) is 24.6 Å². The van der Waals surface area contributed by atoms with Gasteiger partial charge < -0.3 is 9.47 Å². The van der Waals surface area contributed by atoms with Gasteiger partial charge in [-0.1, -0.05) is 15.9 Å². The molecule has 0 saturated heterocycles. The highest BCUT2D eigenvalue weighted by molar-refractivity contribution is 9.10. The summed E-state index contributed by atoms with van der Waals surface area (Å²) in [6, 6.07) is 5.42. The number of ketones is 1. The van der Waals surface area contributed by atoms with E-state index in [2.05, 4.69) is 15.9 Å². The molecule has 0 fully saturated rings. The minimum Gasteiger partial charge on any atom is -0.490 e. The Labute approximate surface area is 110 Å². The lowest BCUT2D eigenvalue weighted by atomic mass is 10.1. The highest BCUT2D eigenvalue weighted by Gasteiger charge is 2.12. The van der Waals surface area contributed by atoms with Crippen molar-refractivity contribution in [2.75, 3.05) is 13.7 Å². The van der Waals surface area contributed by atoms with Crippen LogP contribution in [0.5, 0.6) is 5.75 Å². The third-order valence-electron chi connectivity index (χ3n) is 2.38. The molecule has 0 aliphatic carbocycles. The molecule has 0 aliphatic rings. The molecular formula is C13H17BrO3. The zero-order valence-electron chi connectivity index (χ0n) is 10.3. The fourth-order valence-corrected chi connectivity index (χ4v) is 1.78. The quantitative estimate of drug-likeness (QED) is 0.755. The largest absolute Gasteiger partial charge is 0.490 e. The second kappa shape index (κ2) is 6.77. The molecule has 0 radical (unpaired) electrons. The second-order valence-corrected chi connectivity index (χ2v) is 4.82. The van der Waals surface area contributed by atoms with Crippen molar-refractivity contribution in [1.82, 2.24) is 0 Å². The van der Waals surface area contributed by atoms with Crippen LogP contribution in [0.3, 0.4) is 0 Å². The van der Waals surface area contributed by atoms with Crippen LogP contribution in [-0.4, -0.2) is 25.6 Å². The van der Waals surface area contributed by atoms with Crippen molar-refractivity contribution in [1.29, 1.82) is 0 Å². The van der Waals surface area contributed by atoms with Gasteiger partial charge in [-0.25, -0.2) is 0 Å². The van der Waals surface area contributed by atoms with E-state index in [0.29, 0.717) is 17.9 Å². The molecule has 4 heteroatoms. The van der Waals surface area contributed by atoms with Crippen molar-refractivity contribution in [3.05, 3.63) is 28.2 Å². The number of Topliss-reactive ketones (excluding diaryl/α,β-unsaturated/α-hetero) is 1. The first-order valence-electron chi connectivity index (χ1n) is 5.50. The lowest BCUT2D eigenvalue weighted by molar-refractivity contribution is 0.100. The van der Waals surface area contributed by atoms with E-state index >= 15 is 0 Å². The molecule has 1 atom stereocenters. The van der Waals surface area contributed by atoms with Crippen LogP contribution in [0.2, 0.25) is 0 Å². The Morgan fingerprint density at radius 2 is 2.18 bits per heavy atom. The van der Waals surface area contributed by atoms with Crippen LogP contribution < -0.4 is 4.74 Å². The molecule has 0 bridgehead atoms. The van der Waals surface area contributed by atoms with Gasteiger partial charge in [-0.15, -0.1) is 0 Å². The summed E-state index contributed by atoms with van der Waals surface area (Å²) in [4.78, 5) is 11.5. The predicted octanol–water partition coefficient (Wildman–Crippen LogP) is 3.46.